The normalized spacial score (nSPS) is 31.2. The lowest BCUT2D eigenvalue weighted by atomic mass is 9.78. The van der Waals surface area contributed by atoms with Gasteiger partial charge < -0.3 is 14.7 Å². The van der Waals surface area contributed by atoms with Crippen LogP contribution in [-0.4, -0.2) is 47.5 Å². The van der Waals surface area contributed by atoms with Crippen molar-refractivity contribution in [3.05, 3.63) is 11.7 Å². The summed E-state index contributed by atoms with van der Waals surface area (Å²) < 4.78 is 5.53. The fraction of sp³-hybridized carbons (Fsp3) is 0.765. The van der Waals surface area contributed by atoms with Crippen LogP contribution in [0.25, 0.3) is 0 Å². The van der Waals surface area contributed by atoms with E-state index in [1.54, 1.807) is 14.1 Å². The third-order valence-corrected chi connectivity index (χ3v) is 5.82. The highest BCUT2D eigenvalue weighted by Gasteiger charge is 2.53. The first-order chi connectivity index (χ1) is 11.5. The maximum absolute atomic E-state index is 12.7. The van der Waals surface area contributed by atoms with Crippen molar-refractivity contribution in [2.24, 2.45) is 17.8 Å². The molecule has 0 aromatic carbocycles. The van der Waals surface area contributed by atoms with Gasteiger partial charge in [-0.3, -0.25) is 9.59 Å². The van der Waals surface area contributed by atoms with E-state index >= 15 is 0 Å². The summed E-state index contributed by atoms with van der Waals surface area (Å²) in [5.41, 5.74) is 0. The number of rotatable bonds is 5. The molecule has 4 rings (SSSR count). The molecule has 7 nitrogen and oxygen atoms in total. The molecule has 0 saturated heterocycles. The minimum Gasteiger partial charge on any atom is -0.347 e. The van der Waals surface area contributed by atoms with Crippen LogP contribution < -0.4 is 5.32 Å². The van der Waals surface area contributed by atoms with Gasteiger partial charge in [-0.05, 0) is 43.9 Å². The van der Waals surface area contributed by atoms with Gasteiger partial charge >= 0.3 is 0 Å². The summed E-state index contributed by atoms with van der Waals surface area (Å²) in [6.07, 6.45) is 5.51. The number of hydrogen-bond acceptors (Lipinski definition) is 5. The third kappa shape index (κ3) is 2.70. The molecule has 0 aliphatic heterocycles. The minimum atomic E-state index is -0.147. The van der Waals surface area contributed by atoms with E-state index in [2.05, 4.69) is 15.5 Å². The fourth-order valence-electron chi connectivity index (χ4n) is 4.35. The highest BCUT2D eigenvalue weighted by molar-refractivity contribution is 5.86. The molecule has 4 atom stereocenters. The zero-order valence-electron chi connectivity index (χ0n) is 14.2. The van der Waals surface area contributed by atoms with Crippen molar-refractivity contribution in [1.82, 2.24) is 20.4 Å². The van der Waals surface area contributed by atoms with Gasteiger partial charge in [-0.15, -0.1) is 0 Å². The van der Waals surface area contributed by atoms with Crippen LogP contribution in [0.15, 0.2) is 4.52 Å². The lowest BCUT2D eigenvalue weighted by molar-refractivity contribution is -0.133. The monoisotopic (exact) mass is 332 g/mol. The second kappa shape index (κ2) is 5.86. The molecule has 2 amide bonds. The van der Waals surface area contributed by atoms with Crippen molar-refractivity contribution >= 4 is 11.8 Å². The lowest BCUT2D eigenvalue weighted by Crippen LogP contribution is -2.42. The average Bonchev–Trinajstić information content (AvgIpc) is 3.00. The summed E-state index contributed by atoms with van der Waals surface area (Å²) in [5, 5.41) is 6.93. The Kier molecular flexibility index (Phi) is 3.81. The van der Waals surface area contributed by atoms with Crippen LogP contribution in [0.4, 0.5) is 0 Å². The molecule has 0 radical (unpaired) electrons. The molecule has 1 heterocycles. The Balaban J connectivity index is 1.49. The summed E-state index contributed by atoms with van der Waals surface area (Å²) in [6.45, 7) is 0.0452. The molecular weight excluding hydrogens is 308 g/mol. The van der Waals surface area contributed by atoms with Gasteiger partial charge in [-0.25, -0.2) is 0 Å². The van der Waals surface area contributed by atoms with E-state index in [0.29, 0.717) is 23.6 Å². The molecule has 1 N–H and O–H groups in total. The van der Waals surface area contributed by atoms with Crippen molar-refractivity contribution in [2.75, 3.05) is 20.6 Å². The van der Waals surface area contributed by atoms with E-state index in [0.717, 1.165) is 37.9 Å². The number of amides is 2. The standard InChI is InChI=1S/C17H24N4O3/c1-21(2)12(22)8-18-16(23)13-10-5-6-11(7-10)14(13)17-19-15(20-24-17)9-3-4-9/h9-11,13-14H,3-8H2,1-2H3,(H,18,23)/t10-,11+,13-,14-/m0/s1. The predicted octanol–water partition coefficient (Wildman–Crippen LogP) is 1.28. The van der Waals surface area contributed by atoms with Gasteiger partial charge in [0.2, 0.25) is 17.7 Å². The molecule has 2 bridgehead atoms. The zero-order chi connectivity index (χ0) is 16.8. The number of aromatic nitrogens is 2. The number of likely N-dealkylation sites (N-methyl/N-ethyl adjacent to an activating group) is 1. The first kappa shape index (κ1) is 15.6. The molecule has 1 aromatic heterocycles. The van der Waals surface area contributed by atoms with E-state index in [-0.39, 0.29) is 30.2 Å². The molecule has 3 aliphatic carbocycles. The lowest BCUT2D eigenvalue weighted by Gasteiger charge is -2.27. The van der Waals surface area contributed by atoms with Crippen molar-refractivity contribution < 1.29 is 14.1 Å². The van der Waals surface area contributed by atoms with Crippen LogP contribution in [0, 0.1) is 17.8 Å². The van der Waals surface area contributed by atoms with Gasteiger partial charge in [-0.1, -0.05) is 5.16 Å². The van der Waals surface area contributed by atoms with Gasteiger partial charge in [0.05, 0.1) is 18.4 Å². The quantitative estimate of drug-likeness (QED) is 0.877. The number of nitrogens with zero attached hydrogens (tertiary/aromatic N) is 3. The molecule has 0 unspecified atom stereocenters. The first-order valence-corrected chi connectivity index (χ1v) is 8.86. The first-order valence-electron chi connectivity index (χ1n) is 8.86. The van der Waals surface area contributed by atoms with E-state index < -0.39 is 0 Å². The van der Waals surface area contributed by atoms with Crippen LogP contribution in [0.3, 0.4) is 0 Å². The van der Waals surface area contributed by atoms with E-state index in [4.69, 9.17) is 4.52 Å². The summed E-state index contributed by atoms with van der Waals surface area (Å²) >= 11 is 0. The Morgan fingerprint density at radius 2 is 1.96 bits per heavy atom. The average molecular weight is 332 g/mol. The van der Waals surface area contributed by atoms with Gasteiger partial charge in [0, 0.05) is 20.0 Å². The molecule has 3 aliphatic rings. The Morgan fingerprint density at radius 1 is 1.21 bits per heavy atom. The highest BCUT2D eigenvalue weighted by Crippen LogP contribution is 2.56. The fourth-order valence-corrected chi connectivity index (χ4v) is 4.35. The Labute approximate surface area is 141 Å². The summed E-state index contributed by atoms with van der Waals surface area (Å²) in [4.78, 5) is 30.5. The molecule has 130 valence electrons. The second-order valence-electron chi connectivity index (χ2n) is 7.66. The number of nitrogens with one attached hydrogen (secondary N) is 1. The van der Waals surface area contributed by atoms with Crippen molar-refractivity contribution in [1.29, 1.82) is 0 Å². The Bertz CT molecular complexity index is 652. The van der Waals surface area contributed by atoms with Crippen molar-refractivity contribution in [3.63, 3.8) is 0 Å². The maximum Gasteiger partial charge on any atom is 0.241 e. The SMILES string of the molecule is CN(C)C(=O)CNC(=O)[C@H]1[C@H]2CC[C@H](C2)[C@@H]1c1nc(C2CC2)no1. The smallest absolute Gasteiger partial charge is 0.241 e. The second-order valence-corrected chi connectivity index (χ2v) is 7.66. The van der Waals surface area contributed by atoms with E-state index in [1.165, 1.54) is 4.90 Å². The molecule has 1 aromatic rings. The van der Waals surface area contributed by atoms with Crippen LogP contribution in [-0.2, 0) is 9.59 Å². The Hall–Kier alpha value is -1.92. The van der Waals surface area contributed by atoms with Gasteiger partial charge in [0.15, 0.2) is 5.82 Å². The number of carbonyl (C=O) groups is 2. The van der Waals surface area contributed by atoms with Gasteiger partial charge in [-0.2, -0.15) is 4.98 Å². The zero-order valence-corrected chi connectivity index (χ0v) is 14.2. The summed E-state index contributed by atoms with van der Waals surface area (Å²) in [6, 6.07) is 0. The molecule has 0 spiro atoms. The minimum absolute atomic E-state index is 0.0122. The highest BCUT2D eigenvalue weighted by atomic mass is 16.5. The summed E-state index contributed by atoms with van der Waals surface area (Å²) in [7, 11) is 3.37. The molecule has 3 saturated carbocycles. The van der Waals surface area contributed by atoms with Gasteiger partial charge in [0.1, 0.15) is 0 Å². The molecule has 7 heteroatoms. The van der Waals surface area contributed by atoms with E-state index in [1.807, 2.05) is 0 Å². The van der Waals surface area contributed by atoms with Crippen molar-refractivity contribution in [3.8, 4) is 0 Å². The van der Waals surface area contributed by atoms with Crippen LogP contribution in [0.1, 0.15) is 55.7 Å². The van der Waals surface area contributed by atoms with Crippen LogP contribution in [0.2, 0.25) is 0 Å². The molecule has 3 fully saturated rings. The largest absolute Gasteiger partial charge is 0.347 e. The number of hydrogen-bond donors (Lipinski definition) is 1. The molecular formula is C17H24N4O3. The topological polar surface area (TPSA) is 88.3 Å². The van der Waals surface area contributed by atoms with E-state index in [9.17, 15) is 9.59 Å². The van der Waals surface area contributed by atoms with Crippen molar-refractivity contribution in [2.45, 2.75) is 43.9 Å². The number of carbonyl (C=O) groups excluding carboxylic acids is 2. The number of fused-ring (bicyclic) bond motifs is 2. The van der Waals surface area contributed by atoms with Gasteiger partial charge in [0.25, 0.3) is 0 Å². The predicted molar refractivity (Wildman–Crippen MR) is 85.0 cm³/mol. The maximum atomic E-state index is 12.7. The summed E-state index contributed by atoms with van der Waals surface area (Å²) in [5.74, 6) is 2.41. The van der Waals surface area contributed by atoms with Crippen LogP contribution >= 0.6 is 0 Å². The Morgan fingerprint density at radius 3 is 2.67 bits per heavy atom. The molecule has 24 heavy (non-hydrogen) atoms. The van der Waals surface area contributed by atoms with Crippen LogP contribution in [0.5, 0.6) is 0 Å². The third-order valence-electron chi connectivity index (χ3n) is 5.82.